The molecule has 0 radical (unpaired) electrons. The molecule has 0 aromatic heterocycles. The van der Waals surface area contributed by atoms with E-state index in [1.165, 1.54) is 16.4 Å². The first-order valence-corrected chi connectivity index (χ1v) is 8.73. The highest BCUT2D eigenvalue weighted by atomic mass is 32.2. The van der Waals surface area contributed by atoms with E-state index in [-0.39, 0.29) is 16.8 Å². The molecule has 5 heteroatoms. The quantitative estimate of drug-likeness (QED) is 0.847. The molecule has 1 aliphatic heterocycles. The summed E-state index contributed by atoms with van der Waals surface area (Å²) in [6, 6.07) is 11.0. The van der Waals surface area contributed by atoms with Crippen molar-refractivity contribution in [3.8, 4) is 0 Å². The minimum absolute atomic E-state index is 0.150. The molecule has 2 aromatic rings. The average Bonchev–Trinajstić information content (AvgIpc) is 2.47. The number of fused-ring (bicyclic) bond motifs is 1. The highest BCUT2D eigenvalue weighted by Gasteiger charge is 2.33. The van der Waals surface area contributed by atoms with Crippen LogP contribution >= 0.6 is 0 Å². The Bertz CT molecular complexity index is 817. The largest absolute Gasteiger partial charge is 0.264 e. The van der Waals surface area contributed by atoms with Crippen LogP contribution in [0.3, 0.4) is 0 Å². The highest BCUT2D eigenvalue weighted by Crippen LogP contribution is 2.35. The summed E-state index contributed by atoms with van der Waals surface area (Å²) < 4.78 is 40.9. The number of hydrogen-bond donors (Lipinski definition) is 0. The van der Waals surface area contributed by atoms with Crippen molar-refractivity contribution in [2.24, 2.45) is 0 Å². The Morgan fingerprint density at radius 3 is 2.68 bits per heavy atom. The standard InChI is InChI=1S/C17H18FNO2S/c1-12-4-3-5-16(10-12)22(20,21)19-13(2)6-7-14-11-15(18)8-9-17(14)19/h3-5,8-11,13H,6-7H2,1-2H3. The monoisotopic (exact) mass is 319 g/mol. The van der Waals surface area contributed by atoms with Crippen molar-refractivity contribution in [2.45, 2.75) is 37.6 Å². The first kappa shape index (κ1) is 15.0. The number of rotatable bonds is 2. The van der Waals surface area contributed by atoms with Gasteiger partial charge >= 0.3 is 0 Å². The van der Waals surface area contributed by atoms with Crippen LogP contribution in [0.25, 0.3) is 0 Å². The van der Waals surface area contributed by atoms with Crippen molar-refractivity contribution in [1.82, 2.24) is 0 Å². The van der Waals surface area contributed by atoms with Gasteiger partial charge in [-0.1, -0.05) is 12.1 Å². The molecule has 0 fully saturated rings. The molecule has 0 bridgehead atoms. The van der Waals surface area contributed by atoms with Crippen molar-refractivity contribution < 1.29 is 12.8 Å². The second-order valence-corrected chi connectivity index (χ2v) is 7.59. The van der Waals surface area contributed by atoms with Crippen LogP contribution in [0.4, 0.5) is 10.1 Å². The summed E-state index contributed by atoms with van der Waals surface area (Å²) in [6.07, 6.45) is 1.37. The summed E-state index contributed by atoms with van der Waals surface area (Å²) in [7, 11) is -3.65. The molecule has 0 amide bonds. The third kappa shape index (κ3) is 2.50. The molecule has 0 N–H and O–H groups in total. The maximum Gasteiger partial charge on any atom is 0.264 e. The molecule has 0 spiro atoms. The molecule has 1 unspecified atom stereocenters. The van der Waals surface area contributed by atoms with Gasteiger partial charge in [-0.15, -0.1) is 0 Å². The molecule has 1 aliphatic rings. The molecule has 0 aliphatic carbocycles. The minimum atomic E-state index is -3.65. The molecule has 2 aromatic carbocycles. The second-order valence-electron chi connectivity index (χ2n) is 5.78. The van der Waals surface area contributed by atoms with Gasteiger partial charge in [0.25, 0.3) is 10.0 Å². The third-order valence-corrected chi connectivity index (χ3v) is 5.98. The lowest BCUT2D eigenvalue weighted by molar-refractivity contribution is 0.560. The number of aryl methyl sites for hydroxylation is 2. The number of benzene rings is 2. The van der Waals surface area contributed by atoms with Crippen molar-refractivity contribution >= 4 is 15.7 Å². The van der Waals surface area contributed by atoms with Gasteiger partial charge in [0.05, 0.1) is 10.6 Å². The van der Waals surface area contributed by atoms with Crippen LogP contribution < -0.4 is 4.31 Å². The number of halogens is 1. The molecular weight excluding hydrogens is 301 g/mol. The van der Waals surface area contributed by atoms with Gasteiger partial charge in [-0.3, -0.25) is 4.31 Å². The van der Waals surface area contributed by atoms with Gasteiger partial charge in [0.1, 0.15) is 5.82 Å². The summed E-state index contributed by atoms with van der Waals surface area (Å²) in [5, 5.41) is 0. The maximum atomic E-state index is 13.4. The lowest BCUT2D eigenvalue weighted by Gasteiger charge is -2.36. The lowest BCUT2D eigenvalue weighted by atomic mass is 9.99. The number of hydrogen-bond acceptors (Lipinski definition) is 2. The van der Waals surface area contributed by atoms with Crippen LogP contribution in [0.15, 0.2) is 47.4 Å². The smallest absolute Gasteiger partial charge is 0.263 e. The summed E-state index contributed by atoms with van der Waals surface area (Å²) in [5.41, 5.74) is 2.22. The minimum Gasteiger partial charge on any atom is -0.263 e. The van der Waals surface area contributed by atoms with Gasteiger partial charge in [-0.2, -0.15) is 0 Å². The fraction of sp³-hybridized carbons (Fsp3) is 0.294. The van der Waals surface area contributed by atoms with Gasteiger partial charge in [0.15, 0.2) is 0 Å². The molecule has 3 nitrogen and oxygen atoms in total. The van der Waals surface area contributed by atoms with Gasteiger partial charge in [0.2, 0.25) is 0 Å². The van der Waals surface area contributed by atoms with E-state index in [9.17, 15) is 12.8 Å². The molecule has 1 atom stereocenters. The Balaban J connectivity index is 2.15. The first-order valence-electron chi connectivity index (χ1n) is 7.29. The van der Waals surface area contributed by atoms with E-state index in [0.29, 0.717) is 18.5 Å². The Morgan fingerprint density at radius 2 is 1.95 bits per heavy atom. The second kappa shape index (κ2) is 5.39. The van der Waals surface area contributed by atoms with Crippen molar-refractivity contribution in [3.05, 3.63) is 59.4 Å². The van der Waals surface area contributed by atoms with Crippen LogP contribution in [0.2, 0.25) is 0 Å². The average molecular weight is 319 g/mol. The van der Waals surface area contributed by atoms with E-state index < -0.39 is 10.0 Å². The topological polar surface area (TPSA) is 37.4 Å². The summed E-state index contributed by atoms with van der Waals surface area (Å²) in [5.74, 6) is -0.332. The fourth-order valence-corrected chi connectivity index (χ4v) is 4.77. The Labute approximate surface area is 130 Å². The van der Waals surface area contributed by atoms with Crippen molar-refractivity contribution in [3.63, 3.8) is 0 Å². The van der Waals surface area contributed by atoms with E-state index in [0.717, 1.165) is 11.1 Å². The van der Waals surface area contributed by atoms with Crippen LogP contribution in [0.5, 0.6) is 0 Å². The van der Waals surface area contributed by atoms with Gasteiger partial charge in [0, 0.05) is 6.04 Å². The lowest BCUT2D eigenvalue weighted by Crippen LogP contribution is -2.42. The number of nitrogens with zero attached hydrogens (tertiary/aromatic N) is 1. The fourth-order valence-electron chi connectivity index (χ4n) is 2.94. The molecule has 116 valence electrons. The zero-order valence-electron chi connectivity index (χ0n) is 12.6. The zero-order valence-corrected chi connectivity index (χ0v) is 13.4. The Hall–Kier alpha value is -1.88. The summed E-state index contributed by atoms with van der Waals surface area (Å²) in [4.78, 5) is 0.275. The molecule has 1 heterocycles. The van der Waals surface area contributed by atoms with E-state index in [4.69, 9.17) is 0 Å². The van der Waals surface area contributed by atoms with E-state index in [2.05, 4.69) is 0 Å². The molecule has 3 rings (SSSR count). The number of anilines is 1. The van der Waals surface area contributed by atoms with Crippen LogP contribution in [-0.2, 0) is 16.4 Å². The van der Waals surface area contributed by atoms with Crippen LogP contribution in [0.1, 0.15) is 24.5 Å². The van der Waals surface area contributed by atoms with Crippen LogP contribution in [0, 0.1) is 12.7 Å². The normalized spacial score (nSPS) is 18.1. The predicted molar refractivity (Wildman–Crippen MR) is 85.0 cm³/mol. The first-order chi connectivity index (χ1) is 10.4. The molecular formula is C17H18FNO2S. The van der Waals surface area contributed by atoms with Crippen molar-refractivity contribution in [1.29, 1.82) is 0 Å². The van der Waals surface area contributed by atoms with Gasteiger partial charge in [-0.25, -0.2) is 12.8 Å². The predicted octanol–water partition coefficient (Wildman–Crippen LogP) is 3.66. The Morgan fingerprint density at radius 1 is 1.18 bits per heavy atom. The SMILES string of the molecule is Cc1cccc(S(=O)(=O)N2c3ccc(F)cc3CCC2C)c1. The molecule has 0 saturated heterocycles. The zero-order chi connectivity index (χ0) is 15.9. The molecule has 22 heavy (non-hydrogen) atoms. The van der Waals surface area contributed by atoms with Crippen molar-refractivity contribution in [2.75, 3.05) is 4.31 Å². The van der Waals surface area contributed by atoms with Crippen LogP contribution in [-0.4, -0.2) is 14.5 Å². The third-order valence-electron chi connectivity index (χ3n) is 4.06. The van der Waals surface area contributed by atoms with Gasteiger partial charge < -0.3 is 0 Å². The number of sulfonamides is 1. The highest BCUT2D eigenvalue weighted by molar-refractivity contribution is 7.92. The van der Waals surface area contributed by atoms with Gasteiger partial charge in [-0.05, 0) is 68.1 Å². The van der Waals surface area contributed by atoms with E-state index >= 15 is 0 Å². The maximum absolute atomic E-state index is 13.4. The van der Waals surface area contributed by atoms with E-state index in [1.54, 1.807) is 24.3 Å². The molecule has 0 saturated carbocycles. The Kier molecular flexibility index (Phi) is 3.68. The summed E-state index contributed by atoms with van der Waals surface area (Å²) in [6.45, 7) is 3.75. The summed E-state index contributed by atoms with van der Waals surface area (Å²) >= 11 is 0. The van der Waals surface area contributed by atoms with E-state index in [1.807, 2.05) is 19.9 Å².